The summed E-state index contributed by atoms with van der Waals surface area (Å²) in [6.07, 6.45) is -4.35. The number of rotatable bonds is 3. The van der Waals surface area contributed by atoms with Crippen molar-refractivity contribution in [3.05, 3.63) is 35.4 Å². The first-order valence-electron chi connectivity index (χ1n) is 6.22. The molecule has 1 atom stereocenters. The maximum Gasteiger partial charge on any atom is 0.416 e. The van der Waals surface area contributed by atoms with Gasteiger partial charge in [0.05, 0.1) is 18.8 Å². The first-order valence-corrected chi connectivity index (χ1v) is 6.22. The van der Waals surface area contributed by atoms with Gasteiger partial charge in [0.15, 0.2) is 0 Å². The van der Waals surface area contributed by atoms with Crippen LogP contribution in [0.5, 0.6) is 0 Å². The summed E-state index contributed by atoms with van der Waals surface area (Å²) in [5.41, 5.74) is 5.35. The molecule has 0 bridgehead atoms. The van der Waals surface area contributed by atoms with E-state index < -0.39 is 17.8 Å². The highest BCUT2D eigenvalue weighted by Gasteiger charge is 2.36. The number of benzene rings is 1. The van der Waals surface area contributed by atoms with E-state index in [1.54, 1.807) is 6.07 Å². The Hall–Kier alpha value is -1.11. The molecule has 1 aromatic carbocycles. The molecule has 0 aromatic heterocycles. The molecule has 0 saturated carbocycles. The third kappa shape index (κ3) is 3.26. The highest BCUT2D eigenvalue weighted by molar-refractivity contribution is 5.32. The number of nitrogens with two attached hydrogens (primary N) is 1. The van der Waals surface area contributed by atoms with Gasteiger partial charge in [0.1, 0.15) is 0 Å². The van der Waals surface area contributed by atoms with Gasteiger partial charge in [-0.1, -0.05) is 18.2 Å². The largest absolute Gasteiger partial charge is 0.416 e. The van der Waals surface area contributed by atoms with E-state index in [4.69, 9.17) is 10.5 Å². The van der Waals surface area contributed by atoms with Crippen LogP contribution in [0.3, 0.4) is 0 Å². The maximum absolute atomic E-state index is 13.0. The smallest absolute Gasteiger partial charge is 0.379 e. The number of hydrogen-bond acceptors (Lipinski definition) is 3. The Morgan fingerprint density at radius 2 is 1.84 bits per heavy atom. The van der Waals surface area contributed by atoms with Crippen LogP contribution in [0.25, 0.3) is 0 Å². The minimum Gasteiger partial charge on any atom is -0.379 e. The van der Waals surface area contributed by atoms with Gasteiger partial charge in [0.2, 0.25) is 0 Å². The van der Waals surface area contributed by atoms with Gasteiger partial charge in [-0.25, -0.2) is 0 Å². The Balaban J connectivity index is 2.32. The minimum absolute atomic E-state index is 0.160. The third-order valence-electron chi connectivity index (χ3n) is 3.33. The summed E-state index contributed by atoms with van der Waals surface area (Å²) >= 11 is 0. The van der Waals surface area contributed by atoms with Gasteiger partial charge < -0.3 is 10.5 Å². The molecule has 1 aliphatic heterocycles. The molecule has 2 rings (SSSR count). The average molecular weight is 274 g/mol. The van der Waals surface area contributed by atoms with Crippen molar-refractivity contribution < 1.29 is 17.9 Å². The number of ether oxygens (including phenoxy) is 1. The normalized spacial score (nSPS) is 19.4. The van der Waals surface area contributed by atoms with Gasteiger partial charge in [-0.15, -0.1) is 0 Å². The zero-order valence-electron chi connectivity index (χ0n) is 10.5. The molecule has 1 fully saturated rings. The predicted octanol–water partition coefficient (Wildman–Crippen LogP) is 2.04. The van der Waals surface area contributed by atoms with Gasteiger partial charge in [0, 0.05) is 25.7 Å². The van der Waals surface area contributed by atoms with Crippen LogP contribution in [-0.2, 0) is 10.9 Å². The summed E-state index contributed by atoms with van der Waals surface area (Å²) < 4.78 is 44.3. The molecule has 6 heteroatoms. The topological polar surface area (TPSA) is 38.5 Å². The monoisotopic (exact) mass is 274 g/mol. The molecule has 0 spiro atoms. The Bertz CT molecular complexity index is 417. The van der Waals surface area contributed by atoms with Crippen molar-refractivity contribution in [2.24, 2.45) is 5.73 Å². The predicted molar refractivity (Wildman–Crippen MR) is 65.6 cm³/mol. The molecule has 1 saturated heterocycles. The van der Waals surface area contributed by atoms with E-state index in [9.17, 15) is 13.2 Å². The quantitative estimate of drug-likeness (QED) is 0.916. The van der Waals surface area contributed by atoms with Gasteiger partial charge in [-0.05, 0) is 11.6 Å². The van der Waals surface area contributed by atoms with E-state index in [2.05, 4.69) is 0 Å². The highest BCUT2D eigenvalue weighted by Crippen LogP contribution is 2.36. The summed E-state index contributed by atoms with van der Waals surface area (Å²) in [5, 5.41) is 0. The Kier molecular flexibility index (Phi) is 4.44. The van der Waals surface area contributed by atoms with Crippen LogP contribution in [0.15, 0.2) is 24.3 Å². The molecule has 2 N–H and O–H groups in total. The molecule has 0 aliphatic carbocycles. The second-order valence-electron chi connectivity index (χ2n) is 4.48. The molecule has 1 aromatic rings. The number of alkyl halides is 3. The van der Waals surface area contributed by atoms with Crippen LogP contribution in [0, 0.1) is 0 Å². The van der Waals surface area contributed by atoms with Gasteiger partial charge in [0.25, 0.3) is 0 Å². The van der Waals surface area contributed by atoms with E-state index in [1.807, 2.05) is 4.90 Å². The Morgan fingerprint density at radius 3 is 2.42 bits per heavy atom. The summed E-state index contributed by atoms with van der Waals surface area (Å²) in [6.45, 7) is 2.44. The molecule has 19 heavy (non-hydrogen) atoms. The van der Waals surface area contributed by atoms with Crippen LogP contribution in [0.4, 0.5) is 13.2 Å². The summed E-state index contributed by atoms with van der Waals surface area (Å²) in [4.78, 5) is 1.95. The molecule has 3 nitrogen and oxygen atoms in total. The summed E-state index contributed by atoms with van der Waals surface area (Å²) in [7, 11) is 0. The van der Waals surface area contributed by atoms with Gasteiger partial charge >= 0.3 is 6.18 Å². The van der Waals surface area contributed by atoms with E-state index in [-0.39, 0.29) is 12.1 Å². The lowest BCUT2D eigenvalue weighted by molar-refractivity contribution is -0.139. The fourth-order valence-corrected chi connectivity index (χ4v) is 2.41. The van der Waals surface area contributed by atoms with Crippen LogP contribution in [0.1, 0.15) is 17.2 Å². The number of morpholine rings is 1. The van der Waals surface area contributed by atoms with Crippen molar-refractivity contribution in [1.29, 1.82) is 0 Å². The van der Waals surface area contributed by atoms with Crippen LogP contribution in [0.2, 0.25) is 0 Å². The van der Waals surface area contributed by atoms with E-state index in [0.717, 1.165) is 6.07 Å². The maximum atomic E-state index is 13.0. The molecule has 0 amide bonds. The van der Waals surface area contributed by atoms with Crippen molar-refractivity contribution in [1.82, 2.24) is 4.90 Å². The molecule has 1 aliphatic rings. The molecular formula is C13H17F3N2O. The number of halogens is 3. The molecule has 1 unspecified atom stereocenters. The number of nitrogens with zero attached hydrogens (tertiary/aromatic N) is 1. The lowest BCUT2D eigenvalue weighted by atomic mass is 9.98. The molecule has 106 valence electrons. The zero-order chi connectivity index (χ0) is 13.9. The van der Waals surface area contributed by atoms with Crippen molar-refractivity contribution in [3.63, 3.8) is 0 Å². The SMILES string of the molecule is NCC(c1ccccc1C(F)(F)F)N1CCOCC1. The second-order valence-corrected chi connectivity index (χ2v) is 4.48. The van der Waals surface area contributed by atoms with Crippen molar-refractivity contribution in [3.8, 4) is 0 Å². The summed E-state index contributed by atoms with van der Waals surface area (Å²) in [6, 6.07) is 5.22. The minimum atomic E-state index is -4.35. The average Bonchev–Trinajstić information content (AvgIpc) is 2.40. The first kappa shape index (κ1) is 14.3. The lowest BCUT2D eigenvalue weighted by Crippen LogP contribution is -2.42. The van der Waals surface area contributed by atoms with E-state index >= 15 is 0 Å². The van der Waals surface area contributed by atoms with E-state index in [1.165, 1.54) is 12.1 Å². The second kappa shape index (κ2) is 5.90. The van der Waals surface area contributed by atoms with Crippen molar-refractivity contribution >= 4 is 0 Å². The van der Waals surface area contributed by atoms with Crippen LogP contribution < -0.4 is 5.73 Å². The fraction of sp³-hybridized carbons (Fsp3) is 0.538. The molecule has 0 radical (unpaired) electrons. The van der Waals surface area contributed by atoms with Crippen LogP contribution in [-0.4, -0.2) is 37.7 Å². The fourth-order valence-electron chi connectivity index (χ4n) is 2.41. The van der Waals surface area contributed by atoms with Crippen molar-refractivity contribution in [2.45, 2.75) is 12.2 Å². The Labute approximate surface area is 110 Å². The van der Waals surface area contributed by atoms with Gasteiger partial charge in [-0.3, -0.25) is 4.90 Å². The standard InChI is InChI=1S/C13H17F3N2O/c14-13(15,16)11-4-2-1-3-10(11)12(9-17)18-5-7-19-8-6-18/h1-4,12H,5-9,17H2. The van der Waals surface area contributed by atoms with Crippen molar-refractivity contribution in [2.75, 3.05) is 32.8 Å². The van der Waals surface area contributed by atoms with Crippen LogP contribution >= 0.6 is 0 Å². The van der Waals surface area contributed by atoms with Gasteiger partial charge in [-0.2, -0.15) is 13.2 Å². The first-order chi connectivity index (χ1) is 9.04. The summed E-state index contributed by atoms with van der Waals surface area (Å²) in [5.74, 6) is 0. The Morgan fingerprint density at radius 1 is 1.21 bits per heavy atom. The third-order valence-corrected chi connectivity index (χ3v) is 3.33. The highest BCUT2D eigenvalue weighted by atomic mass is 19.4. The molecular weight excluding hydrogens is 257 g/mol. The van der Waals surface area contributed by atoms with E-state index in [0.29, 0.717) is 26.3 Å². The number of hydrogen-bond donors (Lipinski definition) is 1. The molecule has 1 heterocycles. The lowest BCUT2D eigenvalue weighted by Gasteiger charge is -2.35. The zero-order valence-corrected chi connectivity index (χ0v) is 10.5.